The van der Waals surface area contributed by atoms with Gasteiger partial charge in [-0.05, 0) is 184 Å². The molecular weight excluding hydrogens is 665 g/mol. The lowest BCUT2D eigenvalue weighted by atomic mass is 9.92. The van der Waals surface area contributed by atoms with Crippen LogP contribution in [0.3, 0.4) is 0 Å². The first-order valence-electron chi connectivity index (χ1n) is 20.9. The molecule has 2 aromatic rings. The molecule has 5 aliphatic heterocycles. The van der Waals surface area contributed by atoms with E-state index in [-0.39, 0.29) is 17.4 Å². The van der Waals surface area contributed by atoms with Gasteiger partial charge in [0, 0.05) is 38.3 Å². The van der Waals surface area contributed by atoms with Crippen LogP contribution in [0.2, 0.25) is 0 Å². The molecule has 5 saturated heterocycles. The van der Waals surface area contributed by atoms with Gasteiger partial charge in [-0.2, -0.15) is 0 Å². The number of piperidine rings is 2. The third-order valence-electron chi connectivity index (χ3n) is 12.9. The van der Waals surface area contributed by atoms with E-state index < -0.39 is 5.97 Å². The molecule has 10 nitrogen and oxygen atoms in total. The lowest BCUT2D eigenvalue weighted by molar-refractivity contribution is 0.0671. The number of likely N-dealkylation sites (tertiary alicyclic amines) is 5. The molecular formula is C43H62N6O4. The zero-order valence-corrected chi connectivity index (χ0v) is 31.9. The average molecular weight is 727 g/mol. The Balaban J connectivity index is 1.07. The number of rotatable bonds is 14. The highest BCUT2D eigenvalue weighted by atomic mass is 16.4. The number of nitrogens with zero attached hydrogens (tertiary/aromatic N) is 5. The van der Waals surface area contributed by atoms with Crippen molar-refractivity contribution in [3.05, 3.63) is 58.7 Å². The fourth-order valence-corrected chi connectivity index (χ4v) is 9.39. The van der Waals surface area contributed by atoms with E-state index >= 15 is 0 Å². The molecule has 5 aliphatic rings. The molecule has 0 spiro atoms. The van der Waals surface area contributed by atoms with E-state index in [1.54, 1.807) is 24.3 Å². The molecule has 0 bridgehead atoms. The van der Waals surface area contributed by atoms with Gasteiger partial charge in [0.15, 0.2) is 0 Å². The second-order valence-corrected chi connectivity index (χ2v) is 16.5. The number of anilines is 2. The highest BCUT2D eigenvalue weighted by molar-refractivity contribution is 6.04. The van der Waals surface area contributed by atoms with Crippen molar-refractivity contribution in [3.8, 4) is 0 Å². The number of benzene rings is 2. The smallest absolute Gasteiger partial charge is 0.337 e. The van der Waals surface area contributed by atoms with Crippen LogP contribution in [-0.2, 0) is 6.42 Å². The van der Waals surface area contributed by atoms with E-state index in [9.17, 15) is 19.5 Å². The van der Waals surface area contributed by atoms with Gasteiger partial charge in [-0.1, -0.05) is 6.07 Å². The van der Waals surface area contributed by atoms with Crippen molar-refractivity contribution in [1.29, 1.82) is 0 Å². The predicted molar refractivity (Wildman–Crippen MR) is 210 cm³/mol. The van der Waals surface area contributed by atoms with Crippen LogP contribution in [0.4, 0.5) is 11.4 Å². The Labute approximate surface area is 316 Å². The van der Waals surface area contributed by atoms with E-state index in [4.69, 9.17) is 0 Å². The van der Waals surface area contributed by atoms with Gasteiger partial charge in [0.1, 0.15) is 0 Å². The monoisotopic (exact) mass is 726 g/mol. The second kappa shape index (κ2) is 18.2. The first-order valence-corrected chi connectivity index (χ1v) is 20.9. The normalized spacial score (nSPS) is 21.1. The molecule has 2 aromatic carbocycles. The number of carbonyl (C=O) groups excluding carboxylic acids is 2. The SMILES string of the molecule is O=C(O)c1ccc(CCN2CCCC2)cc1Nc1cc(C(=O)N2CCC(CCN3CCCC3)CC2)ccc1C(=O)N1CCC(CCN2CCCC2)CC1. The first kappa shape index (κ1) is 37.8. The Morgan fingerprint density at radius 2 is 1.04 bits per heavy atom. The fourth-order valence-electron chi connectivity index (χ4n) is 9.39. The summed E-state index contributed by atoms with van der Waals surface area (Å²) in [6, 6.07) is 10.9. The maximum absolute atomic E-state index is 14.3. The predicted octanol–water partition coefficient (Wildman–Crippen LogP) is 6.44. The lowest BCUT2D eigenvalue weighted by Gasteiger charge is -2.34. The third-order valence-corrected chi connectivity index (χ3v) is 12.9. The van der Waals surface area contributed by atoms with Crippen LogP contribution in [0.1, 0.15) is 114 Å². The standard InChI is InChI=1S/C43H62N6O4/c50-41(48-27-14-33(15-28-48)11-24-45-18-1-2-19-45)36-8-10-37(42(51)49-29-16-34(17-30-49)12-25-46-20-3-4-21-46)40(32-36)44-39-31-35(7-9-38(39)43(52)53)13-26-47-22-5-6-23-47/h7-10,31-34,44H,1-6,11-30H2,(H,52,53). The molecule has 0 unspecified atom stereocenters. The molecule has 10 heteroatoms. The summed E-state index contributed by atoms with van der Waals surface area (Å²) in [6.07, 6.45) is 14.9. The van der Waals surface area contributed by atoms with Gasteiger partial charge in [0.25, 0.3) is 11.8 Å². The Morgan fingerprint density at radius 3 is 1.57 bits per heavy atom. The summed E-state index contributed by atoms with van der Waals surface area (Å²) in [4.78, 5) is 52.2. The van der Waals surface area contributed by atoms with Gasteiger partial charge in [-0.15, -0.1) is 0 Å². The van der Waals surface area contributed by atoms with E-state index in [0.29, 0.717) is 47.4 Å². The number of hydrogen-bond donors (Lipinski definition) is 2. The first-order chi connectivity index (χ1) is 25.9. The summed E-state index contributed by atoms with van der Waals surface area (Å²) < 4.78 is 0. The Kier molecular flexibility index (Phi) is 13.0. The van der Waals surface area contributed by atoms with Crippen LogP contribution in [0, 0.1) is 11.8 Å². The Morgan fingerprint density at radius 1 is 0.566 bits per heavy atom. The molecule has 0 aromatic heterocycles. The van der Waals surface area contributed by atoms with Gasteiger partial charge < -0.3 is 34.9 Å². The molecule has 2 N–H and O–H groups in total. The van der Waals surface area contributed by atoms with Gasteiger partial charge in [-0.25, -0.2) is 4.79 Å². The van der Waals surface area contributed by atoms with Crippen molar-refractivity contribution in [1.82, 2.24) is 24.5 Å². The van der Waals surface area contributed by atoms with Crippen molar-refractivity contribution in [3.63, 3.8) is 0 Å². The summed E-state index contributed by atoms with van der Waals surface area (Å²) in [5.41, 5.74) is 3.16. The summed E-state index contributed by atoms with van der Waals surface area (Å²) in [6.45, 7) is 13.2. The third kappa shape index (κ3) is 9.99. The van der Waals surface area contributed by atoms with E-state index in [0.717, 1.165) is 83.5 Å². The summed E-state index contributed by atoms with van der Waals surface area (Å²) >= 11 is 0. The number of hydrogen-bond acceptors (Lipinski definition) is 7. The topological polar surface area (TPSA) is 99.7 Å². The van der Waals surface area contributed by atoms with Gasteiger partial charge in [-0.3, -0.25) is 9.59 Å². The second-order valence-electron chi connectivity index (χ2n) is 16.5. The summed E-state index contributed by atoms with van der Waals surface area (Å²) in [5.74, 6) is 0.158. The maximum Gasteiger partial charge on any atom is 0.337 e. The van der Waals surface area contributed by atoms with E-state index in [1.807, 2.05) is 21.9 Å². The minimum Gasteiger partial charge on any atom is -0.478 e. The average Bonchev–Trinajstić information content (AvgIpc) is 4.01. The van der Waals surface area contributed by atoms with Gasteiger partial charge in [0.2, 0.25) is 0 Å². The highest BCUT2D eigenvalue weighted by Gasteiger charge is 2.29. The number of carbonyl (C=O) groups is 3. The minimum absolute atomic E-state index is 0.0262. The van der Waals surface area contributed by atoms with Crippen molar-refractivity contribution >= 4 is 29.2 Å². The number of nitrogens with one attached hydrogen (secondary N) is 1. The molecule has 288 valence electrons. The van der Waals surface area contributed by atoms with Crippen molar-refractivity contribution < 1.29 is 19.5 Å². The van der Waals surface area contributed by atoms with Crippen LogP contribution < -0.4 is 5.32 Å². The molecule has 0 atom stereocenters. The Bertz CT molecular complexity index is 1550. The molecule has 53 heavy (non-hydrogen) atoms. The lowest BCUT2D eigenvalue weighted by Crippen LogP contribution is -2.40. The number of carboxylic acids is 1. The van der Waals surface area contributed by atoms with Gasteiger partial charge >= 0.3 is 5.97 Å². The van der Waals surface area contributed by atoms with Crippen LogP contribution in [0.15, 0.2) is 36.4 Å². The number of aromatic carboxylic acids is 1. The zero-order valence-electron chi connectivity index (χ0n) is 31.9. The maximum atomic E-state index is 14.3. The van der Waals surface area contributed by atoms with Crippen LogP contribution in [-0.4, -0.2) is 132 Å². The number of amides is 2. The number of carboxylic acid groups (broad SMARTS) is 1. The summed E-state index contributed by atoms with van der Waals surface area (Å²) in [7, 11) is 0. The largest absolute Gasteiger partial charge is 0.478 e. The molecule has 0 saturated carbocycles. The highest BCUT2D eigenvalue weighted by Crippen LogP contribution is 2.31. The molecule has 0 radical (unpaired) electrons. The molecule has 0 aliphatic carbocycles. The van der Waals surface area contributed by atoms with Crippen molar-refractivity contribution in [2.24, 2.45) is 11.8 Å². The van der Waals surface area contributed by atoms with Gasteiger partial charge in [0.05, 0.1) is 22.5 Å². The molecule has 5 fully saturated rings. The van der Waals surface area contributed by atoms with Crippen LogP contribution >= 0.6 is 0 Å². The van der Waals surface area contributed by atoms with Crippen molar-refractivity contribution in [2.45, 2.75) is 83.5 Å². The van der Waals surface area contributed by atoms with Crippen LogP contribution in [0.25, 0.3) is 0 Å². The molecule has 7 rings (SSSR count). The summed E-state index contributed by atoms with van der Waals surface area (Å²) in [5, 5.41) is 13.6. The van der Waals surface area contributed by atoms with Crippen LogP contribution in [0.5, 0.6) is 0 Å². The zero-order chi connectivity index (χ0) is 36.6. The van der Waals surface area contributed by atoms with E-state index in [1.165, 1.54) is 77.5 Å². The molecule has 2 amide bonds. The minimum atomic E-state index is -1.03. The Hall–Kier alpha value is -3.47. The quantitative estimate of drug-likeness (QED) is 0.230. The molecule has 5 heterocycles. The fraction of sp³-hybridized carbons (Fsp3) is 0.651. The van der Waals surface area contributed by atoms with E-state index in [2.05, 4.69) is 20.0 Å². The van der Waals surface area contributed by atoms with Crippen molar-refractivity contribution in [2.75, 3.05) is 90.4 Å².